The van der Waals surface area contributed by atoms with Crippen molar-refractivity contribution in [3.05, 3.63) is 45.7 Å². The number of pyridine rings is 1. The summed E-state index contributed by atoms with van der Waals surface area (Å²) >= 11 is 8.91. The second-order valence-electron chi connectivity index (χ2n) is 4.46. The normalized spacial score (nSPS) is 13.4. The molecule has 22 heavy (non-hydrogen) atoms. The van der Waals surface area contributed by atoms with E-state index in [9.17, 15) is 8.42 Å². The Morgan fingerprint density at radius 2 is 2.05 bits per heavy atom. The third kappa shape index (κ3) is 3.19. The summed E-state index contributed by atoms with van der Waals surface area (Å²) in [5.74, 6) is 1.25. The van der Waals surface area contributed by atoms with Gasteiger partial charge in [-0.3, -0.25) is 0 Å². The molecule has 0 bridgehead atoms. The molecule has 1 N–H and O–H groups in total. The zero-order valence-electron chi connectivity index (χ0n) is 11.0. The van der Waals surface area contributed by atoms with Gasteiger partial charge in [0, 0.05) is 12.7 Å². The minimum absolute atomic E-state index is 0.0320. The highest BCUT2D eigenvalue weighted by atomic mass is 79.9. The van der Waals surface area contributed by atoms with E-state index in [1.54, 1.807) is 18.2 Å². The zero-order chi connectivity index (χ0) is 15.7. The fraction of sp³-hybridized carbons (Fsp3) is 0.154. The number of benzene rings is 1. The van der Waals surface area contributed by atoms with Crippen molar-refractivity contribution < 1.29 is 17.9 Å². The molecular weight excluding hydrogens is 396 g/mol. The summed E-state index contributed by atoms with van der Waals surface area (Å²) in [4.78, 5) is 3.84. The molecular formula is C13H10BrClN2O4S. The zero-order valence-corrected chi connectivity index (χ0v) is 14.2. The van der Waals surface area contributed by atoms with Crippen molar-refractivity contribution in [2.75, 3.05) is 6.79 Å². The molecule has 2 heterocycles. The van der Waals surface area contributed by atoms with E-state index in [2.05, 4.69) is 25.6 Å². The highest BCUT2D eigenvalue weighted by Crippen LogP contribution is 2.32. The van der Waals surface area contributed by atoms with Gasteiger partial charge in [-0.2, -0.15) is 0 Å². The molecule has 0 saturated carbocycles. The lowest BCUT2D eigenvalue weighted by Gasteiger charge is -2.08. The first-order chi connectivity index (χ1) is 10.5. The molecule has 9 heteroatoms. The highest BCUT2D eigenvalue weighted by molar-refractivity contribution is 9.10. The molecule has 0 radical (unpaired) electrons. The molecule has 0 spiro atoms. The molecule has 0 atom stereocenters. The Hall–Kier alpha value is -1.35. The van der Waals surface area contributed by atoms with Crippen LogP contribution in [0.4, 0.5) is 0 Å². The Kier molecular flexibility index (Phi) is 4.26. The van der Waals surface area contributed by atoms with Crippen molar-refractivity contribution >= 4 is 37.6 Å². The molecule has 0 saturated heterocycles. The molecule has 2 aromatic rings. The van der Waals surface area contributed by atoms with E-state index < -0.39 is 10.0 Å². The summed E-state index contributed by atoms with van der Waals surface area (Å²) in [5.41, 5.74) is 0.758. The summed E-state index contributed by atoms with van der Waals surface area (Å²) in [6.45, 7) is 0.300. The highest BCUT2D eigenvalue weighted by Gasteiger charge is 2.17. The average molecular weight is 406 g/mol. The minimum atomic E-state index is -3.69. The van der Waals surface area contributed by atoms with Gasteiger partial charge < -0.3 is 9.47 Å². The van der Waals surface area contributed by atoms with E-state index in [1.807, 2.05) is 0 Å². The molecule has 3 rings (SSSR count). The SMILES string of the molecule is O=S(=O)(NCc1ccc2c(c1)OCO2)c1cnc(Cl)c(Br)c1. The maximum Gasteiger partial charge on any atom is 0.242 e. The van der Waals surface area contributed by atoms with Crippen molar-refractivity contribution in [1.82, 2.24) is 9.71 Å². The smallest absolute Gasteiger partial charge is 0.242 e. The molecule has 0 amide bonds. The summed E-state index contributed by atoms with van der Waals surface area (Å²) in [7, 11) is -3.69. The van der Waals surface area contributed by atoms with Crippen LogP contribution in [-0.4, -0.2) is 20.2 Å². The van der Waals surface area contributed by atoms with Crippen LogP contribution in [0.25, 0.3) is 0 Å². The molecule has 1 aliphatic rings. The van der Waals surface area contributed by atoms with E-state index in [0.29, 0.717) is 16.0 Å². The van der Waals surface area contributed by atoms with Crippen molar-refractivity contribution in [2.45, 2.75) is 11.4 Å². The van der Waals surface area contributed by atoms with Crippen LogP contribution >= 0.6 is 27.5 Å². The largest absolute Gasteiger partial charge is 0.454 e. The molecule has 6 nitrogen and oxygen atoms in total. The monoisotopic (exact) mass is 404 g/mol. The van der Waals surface area contributed by atoms with Crippen LogP contribution in [0.2, 0.25) is 5.15 Å². The quantitative estimate of drug-likeness (QED) is 0.791. The summed E-state index contributed by atoms with van der Waals surface area (Å²) in [6, 6.07) is 6.65. The number of rotatable bonds is 4. The maximum absolute atomic E-state index is 12.2. The van der Waals surface area contributed by atoms with E-state index in [-0.39, 0.29) is 23.4 Å². The Morgan fingerprint density at radius 3 is 2.82 bits per heavy atom. The Balaban J connectivity index is 1.76. The third-order valence-corrected chi connectivity index (χ3v) is 5.49. The van der Waals surface area contributed by atoms with Crippen LogP contribution in [-0.2, 0) is 16.6 Å². The van der Waals surface area contributed by atoms with Crippen LogP contribution < -0.4 is 14.2 Å². The number of hydrogen-bond acceptors (Lipinski definition) is 5. The maximum atomic E-state index is 12.2. The van der Waals surface area contributed by atoms with Gasteiger partial charge >= 0.3 is 0 Å². The number of sulfonamides is 1. The summed E-state index contributed by atoms with van der Waals surface area (Å²) in [6.07, 6.45) is 1.20. The van der Waals surface area contributed by atoms with Gasteiger partial charge in [-0.05, 0) is 39.7 Å². The minimum Gasteiger partial charge on any atom is -0.454 e. The first-order valence-corrected chi connectivity index (χ1v) is 8.80. The van der Waals surface area contributed by atoms with Crippen LogP contribution in [0, 0.1) is 0 Å². The molecule has 0 fully saturated rings. The van der Waals surface area contributed by atoms with Crippen LogP contribution in [0.1, 0.15) is 5.56 Å². The van der Waals surface area contributed by atoms with Crippen molar-refractivity contribution in [3.63, 3.8) is 0 Å². The van der Waals surface area contributed by atoms with Gasteiger partial charge in [0.1, 0.15) is 10.0 Å². The molecule has 1 aromatic carbocycles. The fourth-order valence-corrected chi connectivity index (χ4v) is 3.45. The number of nitrogens with one attached hydrogen (secondary N) is 1. The molecule has 0 aliphatic carbocycles. The van der Waals surface area contributed by atoms with Crippen LogP contribution in [0.5, 0.6) is 11.5 Å². The van der Waals surface area contributed by atoms with Gasteiger partial charge in [-0.1, -0.05) is 17.7 Å². The van der Waals surface area contributed by atoms with Crippen molar-refractivity contribution in [3.8, 4) is 11.5 Å². The van der Waals surface area contributed by atoms with E-state index in [1.165, 1.54) is 12.3 Å². The summed E-state index contributed by atoms with van der Waals surface area (Å²) < 4.78 is 37.8. The number of halogens is 2. The molecule has 116 valence electrons. The first kappa shape index (κ1) is 15.5. The molecule has 0 unspecified atom stereocenters. The number of ether oxygens (including phenoxy) is 2. The van der Waals surface area contributed by atoms with Gasteiger partial charge in [0.2, 0.25) is 16.8 Å². The third-order valence-electron chi connectivity index (χ3n) is 2.98. The summed E-state index contributed by atoms with van der Waals surface area (Å²) in [5, 5.41) is 0.203. The van der Waals surface area contributed by atoms with E-state index >= 15 is 0 Å². The predicted octanol–water partition coefficient (Wildman–Crippen LogP) is 2.70. The molecule has 1 aliphatic heterocycles. The first-order valence-electron chi connectivity index (χ1n) is 6.15. The molecule has 1 aromatic heterocycles. The second kappa shape index (κ2) is 6.04. The van der Waals surface area contributed by atoms with Crippen LogP contribution in [0.15, 0.2) is 39.8 Å². The van der Waals surface area contributed by atoms with Gasteiger partial charge in [0.25, 0.3) is 0 Å². The standard InChI is InChI=1S/C13H10BrClN2O4S/c14-10-4-9(6-16-13(10)15)22(18,19)17-5-8-1-2-11-12(3-8)21-7-20-11/h1-4,6,17H,5,7H2. The lowest BCUT2D eigenvalue weighted by Crippen LogP contribution is -2.23. The van der Waals surface area contributed by atoms with Crippen molar-refractivity contribution in [2.24, 2.45) is 0 Å². The Bertz CT molecular complexity index is 829. The topological polar surface area (TPSA) is 77.5 Å². The lowest BCUT2D eigenvalue weighted by atomic mass is 10.2. The number of nitrogens with zero attached hydrogens (tertiary/aromatic N) is 1. The number of aromatic nitrogens is 1. The fourth-order valence-electron chi connectivity index (χ4n) is 1.86. The van der Waals surface area contributed by atoms with Gasteiger partial charge in [-0.25, -0.2) is 18.1 Å². The second-order valence-corrected chi connectivity index (χ2v) is 7.44. The van der Waals surface area contributed by atoms with E-state index in [0.717, 1.165) is 5.56 Å². The van der Waals surface area contributed by atoms with Gasteiger partial charge in [0.15, 0.2) is 11.5 Å². The average Bonchev–Trinajstić information content (AvgIpc) is 2.95. The lowest BCUT2D eigenvalue weighted by molar-refractivity contribution is 0.174. The van der Waals surface area contributed by atoms with E-state index in [4.69, 9.17) is 21.1 Å². The number of fused-ring (bicyclic) bond motifs is 1. The number of hydrogen-bond donors (Lipinski definition) is 1. The van der Waals surface area contributed by atoms with Crippen molar-refractivity contribution in [1.29, 1.82) is 0 Å². The van der Waals surface area contributed by atoms with Crippen LogP contribution in [0.3, 0.4) is 0 Å². The Labute approximate surface area is 140 Å². The Morgan fingerprint density at radius 1 is 1.27 bits per heavy atom. The van der Waals surface area contributed by atoms with Gasteiger partial charge in [-0.15, -0.1) is 0 Å². The van der Waals surface area contributed by atoms with Gasteiger partial charge in [0.05, 0.1) is 4.47 Å². The predicted molar refractivity (Wildman–Crippen MR) is 83.5 cm³/mol.